The SMILES string of the molecule is N/C(=N\O)C1CCCC2(CC2)C1. The minimum Gasteiger partial charge on any atom is -0.409 e. The minimum absolute atomic E-state index is 0.353. The van der Waals surface area contributed by atoms with Crippen LogP contribution in [0.4, 0.5) is 0 Å². The Labute approximate surface area is 72.6 Å². The first-order valence-electron chi connectivity index (χ1n) is 4.73. The van der Waals surface area contributed by atoms with Gasteiger partial charge in [0.25, 0.3) is 0 Å². The first kappa shape index (κ1) is 7.90. The summed E-state index contributed by atoms with van der Waals surface area (Å²) >= 11 is 0. The molecule has 0 radical (unpaired) electrons. The summed E-state index contributed by atoms with van der Waals surface area (Å²) in [5.74, 6) is 0.798. The zero-order valence-corrected chi connectivity index (χ0v) is 7.29. The highest BCUT2D eigenvalue weighted by molar-refractivity contribution is 5.82. The summed E-state index contributed by atoms with van der Waals surface area (Å²) in [6, 6.07) is 0. The van der Waals surface area contributed by atoms with E-state index in [-0.39, 0.29) is 0 Å². The Morgan fingerprint density at radius 2 is 2.17 bits per heavy atom. The zero-order chi connectivity index (χ0) is 8.60. The Morgan fingerprint density at radius 1 is 1.42 bits per heavy atom. The first-order chi connectivity index (χ1) is 5.76. The van der Waals surface area contributed by atoms with E-state index in [9.17, 15) is 0 Å². The van der Waals surface area contributed by atoms with Crippen LogP contribution in [-0.2, 0) is 0 Å². The van der Waals surface area contributed by atoms with E-state index in [4.69, 9.17) is 10.9 Å². The van der Waals surface area contributed by atoms with Crippen molar-refractivity contribution in [1.82, 2.24) is 0 Å². The Bertz CT molecular complexity index is 209. The van der Waals surface area contributed by atoms with Crippen LogP contribution in [0.15, 0.2) is 5.16 Å². The Kier molecular flexibility index (Phi) is 1.74. The first-order valence-corrected chi connectivity index (χ1v) is 4.73. The Hall–Kier alpha value is -0.730. The Morgan fingerprint density at radius 3 is 2.75 bits per heavy atom. The second-order valence-electron chi connectivity index (χ2n) is 4.32. The molecule has 0 amide bonds. The summed E-state index contributed by atoms with van der Waals surface area (Å²) in [6.45, 7) is 0. The lowest BCUT2D eigenvalue weighted by Crippen LogP contribution is -2.29. The molecule has 2 aliphatic carbocycles. The summed E-state index contributed by atoms with van der Waals surface area (Å²) in [4.78, 5) is 0. The molecule has 0 aromatic heterocycles. The molecule has 1 atom stereocenters. The van der Waals surface area contributed by atoms with Crippen LogP contribution in [0.3, 0.4) is 0 Å². The van der Waals surface area contributed by atoms with Gasteiger partial charge in [-0.15, -0.1) is 0 Å². The zero-order valence-electron chi connectivity index (χ0n) is 7.29. The average Bonchev–Trinajstić information content (AvgIpc) is 2.84. The highest BCUT2D eigenvalue weighted by atomic mass is 16.4. The maximum Gasteiger partial charge on any atom is 0.142 e. The molecule has 2 fully saturated rings. The van der Waals surface area contributed by atoms with Gasteiger partial charge in [-0.1, -0.05) is 11.6 Å². The lowest BCUT2D eigenvalue weighted by Gasteiger charge is -2.27. The highest BCUT2D eigenvalue weighted by Crippen LogP contribution is 2.57. The van der Waals surface area contributed by atoms with Crippen LogP contribution in [-0.4, -0.2) is 11.0 Å². The van der Waals surface area contributed by atoms with Crippen LogP contribution in [0.1, 0.15) is 38.5 Å². The number of hydrogen-bond donors (Lipinski definition) is 2. The third kappa shape index (κ3) is 1.28. The van der Waals surface area contributed by atoms with Crippen LogP contribution in [0.5, 0.6) is 0 Å². The molecule has 0 aliphatic heterocycles. The molecule has 2 rings (SSSR count). The van der Waals surface area contributed by atoms with Gasteiger partial charge in [-0.2, -0.15) is 0 Å². The van der Waals surface area contributed by atoms with Gasteiger partial charge in [-0.05, 0) is 37.5 Å². The molecule has 2 saturated carbocycles. The number of nitrogens with two attached hydrogens (primary N) is 1. The fraction of sp³-hybridized carbons (Fsp3) is 0.889. The summed E-state index contributed by atoms with van der Waals surface area (Å²) in [6.07, 6.45) is 7.61. The molecule has 3 nitrogen and oxygen atoms in total. The van der Waals surface area contributed by atoms with Crippen LogP contribution >= 0.6 is 0 Å². The van der Waals surface area contributed by atoms with E-state index in [1.165, 1.54) is 25.7 Å². The van der Waals surface area contributed by atoms with E-state index in [0.717, 1.165) is 12.8 Å². The molecule has 0 aromatic rings. The Balaban J connectivity index is 1.99. The molecule has 0 aromatic carbocycles. The molecule has 3 heteroatoms. The predicted octanol–water partition coefficient (Wildman–Crippen LogP) is 1.70. The van der Waals surface area contributed by atoms with Crippen molar-refractivity contribution in [3.05, 3.63) is 0 Å². The van der Waals surface area contributed by atoms with Gasteiger partial charge < -0.3 is 10.9 Å². The van der Waals surface area contributed by atoms with Gasteiger partial charge >= 0.3 is 0 Å². The molecule has 3 N–H and O–H groups in total. The van der Waals surface area contributed by atoms with Crippen molar-refractivity contribution in [2.45, 2.75) is 38.5 Å². The van der Waals surface area contributed by atoms with E-state index in [1.54, 1.807) is 0 Å². The van der Waals surface area contributed by atoms with Crippen molar-refractivity contribution in [2.75, 3.05) is 0 Å². The maximum atomic E-state index is 8.54. The van der Waals surface area contributed by atoms with Crippen LogP contribution < -0.4 is 5.73 Å². The normalized spacial score (nSPS) is 33.7. The molecule has 1 spiro atoms. The minimum atomic E-state index is 0.353. The fourth-order valence-corrected chi connectivity index (χ4v) is 2.42. The largest absolute Gasteiger partial charge is 0.409 e. The smallest absolute Gasteiger partial charge is 0.142 e. The van der Waals surface area contributed by atoms with Gasteiger partial charge in [-0.25, -0.2) is 0 Å². The van der Waals surface area contributed by atoms with Crippen LogP contribution in [0.2, 0.25) is 0 Å². The maximum absolute atomic E-state index is 8.54. The standard InChI is InChI=1S/C9H16N2O/c10-8(11-12)7-2-1-3-9(6-7)4-5-9/h7,12H,1-6H2,(H2,10,11). The van der Waals surface area contributed by atoms with Gasteiger partial charge in [-0.3, -0.25) is 0 Å². The molecule has 0 saturated heterocycles. The predicted molar refractivity (Wildman–Crippen MR) is 47.0 cm³/mol. The second-order valence-corrected chi connectivity index (χ2v) is 4.32. The number of hydrogen-bond acceptors (Lipinski definition) is 2. The summed E-state index contributed by atoms with van der Waals surface area (Å²) in [5, 5.41) is 11.6. The van der Waals surface area contributed by atoms with E-state index in [1.807, 2.05) is 0 Å². The van der Waals surface area contributed by atoms with Crippen LogP contribution in [0.25, 0.3) is 0 Å². The lowest BCUT2D eigenvalue weighted by atomic mass is 9.78. The molecule has 2 aliphatic rings. The third-order valence-corrected chi connectivity index (χ3v) is 3.43. The molecule has 1 unspecified atom stereocenters. The number of oxime groups is 1. The van der Waals surface area contributed by atoms with Crippen molar-refractivity contribution in [3.63, 3.8) is 0 Å². The van der Waals surface area contributed by atoms with E-state index in [0.29, 0.717) is 17.2 Å². The molecule has 68 valence electrons. The molecule has 12 heavy (non-hydrogen) atoms. The number of nitrogens with zero attached hydrogens (tertiary/aromatic N) is 1. The van der Waals surface area contributed by atoms with Gasteiger partial charge in [0.1, 0.15) is 5.84 Å². The molecular formula is C9H16N2O. The number of amidine groups is 1. The van der Waals surface area contributed by atoms with E-state index < -0.39 is 0 Å². The van der Waals surface area contributed by atoms with Crippen molar-refractivity contribution >= 4 is 5.84 Å². The van der Waals surface area contributed by atoms with Crippen molar-refractivity contribution in [2.24, 2.45) is 22.2 Å². The topological polar surface area (TPSA) is 58.6 Å². The van der Waals surface area contributed by atoms with Crippen molar-refractivity contribution in [3.8, 4) is 0 Å². The molecule has 0 heterocycles. The third-order valence-electron chi connectivity index (χ3n) is 3.43. The van der Waals surface area contributed by atoms with E-state index >= 15 is 0 Å². The quantitative estimate of drug-likeness (QED) is 0.271. The van der Waals surface area contributed by atoms with E-state index in [2.05, 4.69) is 5.16 Å². The summed E-state index contributed by atoms with van der Waals surface area (Å²) in [5.41, 5.74) is 6.21. The van der Waals surface area contributed by atoms with Gasteiger partial charge in [0.15, 0.2) is 0 Å². The second kappa shape index (κ2) is 2.64. The summed E-state index contributed by atoms with van der Waals surface area (Å²) in [7, 11) is 0. The molecule has 0 bridgehead atoms. The van der Waals surface area contributed by atoms with Crippen LogP contribution in [0, 0.1) is 11.3 Å². The van der Waals surface area contributed by atoms with Gasteiger partial charge in [0.05, 0.1) is 0 Å². The highest BCUT2D eigenvalue weighted by Gasteiger charge is 2.46. The summed E-state index contributed by atoms with van der Waals surface area (Å²) < 4.78 is 0. The molecular weight excluding hydrogens is 152 g/mol. The van der Waals surface area contributed by atoms with Gasteiger partial charge in [0, 0.05) is 5.92 Å². The fourth-order valence-electron chi connectivity index (χ4n) is 2.42. The monoisotopic (exact) mass is 168 g/mol. The van der Waals surface area contributed by atoms with Crippen molar-refractivity contribution in [1.29, 1.82) is 0 Å². The average molecular weight is 168 g/mol. The number of rotatable bonds is 1. The lowest BCUT2D eigenvalue weighted by molar-refractivity contribution is 0.277. The van der Waals surface area contributed by atoms with Gasteiger partial charge in [0.2, 0.25) is 0 Å². The van der Waals surface area contributed by atoms with Crippen molar-refractivity contribution < 1.29 is 5.21 Å².